The molecule has 19 heavy (non-hydrogen) atoms. The van der Waals surface area contributed by atoms with Gasteiger partial charge in [0.05, 0.1) is 5.54 Å². The molecule has 1 atom stereocenters. The van der Waals surface area contributed by atoms with Gasteiger partial charge in [-0.05, 0) is 48.9 Å². The number of rotatable bonds is 4. The van der Waals surface area contributed by atoms with E-state index in [-0.39, 0.29) is 5.75 Å². The van der Waals surface area contributed by atoms with Crippen molar-refractivity contribution in [3.8, 4) is 16.9 Å². The maximum atomic E-state index is 9.55. The Balaban J connectivity index is 2.40. The van der Waals surface area contributed by atoms with Gasteiger partial charge in [-0.2, -0.15) is 0 Å². The third-order valence-corrected chi connectivity index (χ3v) is 3.25. The molecule has 0 amide bonds. The molecule has 0 bridgehead atoms. The first-order valence-electron chi connectivity index (χ1n) is 6.36. The van der Waals surface area contributed by atoms with Crippen molar-refractivity contribution in [3.05, 3.63) is 54.1 Å². The standard InChI is InChI=1S/C16H20N2O/c1-16(17,11-18-2)14-7-3-5-12(9-14)13-6-4-8-15(19)10-13/h3-10,18-19H,11,17H2,1-2H3. The first kappa shape index (κ1) is 13.6. The van der Waals surface area contributed by atoms with Crippen LogP contribution >= 0.6 is 0 Å². The maximum Gasteiger partial charge on any atom is 0.116 e. The molecule has 3 nitrogen and oxygen atoms in total. The number of nitrogens with one attached hydrogen (secondary N) is 1. The molecule has 2 rings (SSSR count). The van der Waals surface area contributed by atoms with Crippen LogP contribution in [0.5, 0.6) is 5.75 Å². The van der Waals surface area contributed by atoms with E-state index in [0.717, 1.165) is 16.7 Å². The van der Waals surface area contributed by atoms with Crippen LogP contribution in [0.25, 0.3) is 11.1 Å². The van der Waals surface area contributed by atoms with Gasteiger partial charge in [-0.1, -0.05) is 30.3 Å². The highest BCUT2D eigenvalue weighted by atomic mass is 16.3. The van der Waals surface area contributed by atoms with E-state index >= 15 is 0 Å². The third kappa shape index (κ3) is 3.13. The van der Waals surface area contributed by atoms with Crippen LogP contribution in [0.15, 0.2) is 48.5 Å². The Hall–Kier alpha value is -1.84. The fourth-order valence-corrected chi connectivity index (χ4v) is 2.21. The number of hydrogen-bond acceptors (Lipinski definition) is 3. The summed E-state index contributed by atoms with van der Waals surface area (Å²) >= 11 is 0. The number of phenolic OH excluding ortho intramolecular Hbond substituents is 1. The second-order valence-electron chi connectivity index (χ2n) is 5.08. The van der Waals surface area contributed by atoms with Gasteiger partial charge in [0.2, 0.25) is 0 Å². The summed E-state index contributed by atoms with van der Waals surface area (Å²) in [6.07, 6.45) is 0. The van der Waals surface area contributed by atoms with Crippen LogP contribution in [-0.2, 0) is 5.54 Å². The van der Waals surface area contributed by atoms with Crippen molar-refractivity contribution < 1.29 is 5.11 Å². The molecular formula is C16H20N2O. The minimum atomic E-state index is -0.415. The second kappa shape index (κ2) is 5.43. The minimum absolute atomic E-state index is 0.272. The van der Waals surface area contributed by atoms with Gasteiger partial charge in [-0.3, -0.25) is 0 Å². The van der Waals surface area contributed by atoms with Crippen molar-refractivity contribution in [1.29, 1.82) is 0 Å². The van der Waals surface area contributed by atoms with Gasteiger partial charge in [0.1, 0.15) is 5.75 Å². The zero-order valence-electron chi connectivity index (χ0n) is 11.4. The first-order valence-corrected chi connectivity index (χ1v) is 6.36. The predicted molar refractivity (Wildman–Crippen MR) is 79.0 cm³/mol. The van der Waals surface area contributed by atoms with Gasteiger partial charge in [0.25, 0.3) is 0 Å². The Bertz CT molecular complexity index is 564. The van der Waals surface area contributed by atoms with Gasteiger partial charge in [0, 0.05) is 6.54 Å². The lowest BCUT2D eigenvalue weighted by Crippen LogP contribution is -2.42. The largest absolute Gasteiger partial charge is 0.508 e. The molecule has 0 aliphatic carbocycles. The highest BCUT2D eigenvalue weighted by Gasteiger charge is 2.20. The van der Waals surface area contributed by atoms with Crippen LogP contribution in [0.2, 0.25) is 0 Å². The van der Waals surface area contributed by atoms with Crippen molar-refractivity contribution in [2.75, 3.05) is 13.6 Å². The smallest absolute Gasteiger partial charge is 0.116 e. The number of nitrogens with two attached hydrogens (primary N) is 1. The summed E-state index contributed by atoms with van der Waals surface area (Å²) in [7, 11) is 1.89. The van der Waals surface area contributed by atoms with E-state index in [1.807, 2.05) is 44.3 Å². The number of aromatic hydroxyl groups is 1. The van der Waals surface area contributed by atoms with E-state index in [0.29, 0.717) is 6.54 Å². The molecule has 0 aromatic heterocycles. The molecule has 0 fully saturated rings. The number of likely N-dealkylation sites (N-methyl/N-ethyl adjacent to an activating group) is 1. The number of benzene rings is 2. The van der Waals surface area contributed by atoms with Crippen LogP contribution in [0.4, 0.5) is 0 Å². The molecule has 0 aliphatic rings. The summed E-state index contributed by atoms with van der Waals surface area (Å²) in [5, 5.41) is 12.7. The van der Waals surface area contributed by atoms with Crippen LogP contribution < -0.4 is 11.1 Å². The quantitative estimate of drug-likeness (QED) is 0.787. The molecule has 0 heterocycles. The van der Waals surface area contributed by atoms with Crippen molar-refractivity contribution in [2.45, 2.75) is 12.5 Å². The third-order valence-electron chi connectivity index (χ3n) is 3.25. The van der Waals surface area contributed by atoms with Crippen LogP contribution in [0, 0.1) is 0 Å². The fourth-order valence-electron chi connectivity index (χ4n) is 2.21. The minimum Gasteiger partial charge on any atom is -0.508 e. The highest BCUT2D eigenvalue weighted by Crippen LogP contribution is 2.27. The Labute approximate surface area is 114 Å². The van der Waals surface area contributed by atoms with E-state index in [9.17, 15) is 5.11 Å². The van der Waals surface area contributed by atoms with Crippen molar-refractivity contribution in [1.82, 2.24) is 5.32 Å². The highest BCUT2D eigenvalue weighted by molar-refractivity contribution is 5.66. The predicted octanol–water partition coefficient (Wildman–Crippen LogP) is 2.45. The molecule has 4 N–H and O–H groups in total. The first-order chi connectivity index (χ1) is 9.03. The summed E-state index contributed by atoms with van der Waals surface area (Å²) in [5.41, 5.74) is 9.02. The van der Waals surface area contributed by atoms with Crippen LogP contribution in [0.1, 0.15) is 12.5 Å². The molecular weight excluding hydrogens is 236 g/mol. The van der Waals surface area contributed by atoms with Gasteiger partial charge in [-0.25, -0.2) is 0 Å². The normalized spacial score (nSPS) is 14.1. The van der Waals surface area contributed by atoms with E-state index in [4.69, 9.17) is 5.73 Å². The zero-order valence-corrected chi connectivity index (χ0v) is 11.4. The monoisotopic (exact) mass is 256 g/mol. The second-order valence-corrected chi connectivity index (χ2v) is 5.08. The average molecular weight is 256 g/mol. The molecule has 0 radical (unpaired) electrons. The Morgan fingerprint density at radius 2 is 1.74 bits per heavy atom. The Kier molecular flexibility index (Phi) is 3.88. The van der Waals surface area contributed by atoms with Crippen molar-refractivity contribution >= 4 is 0 Å². The fraction of sp³-hybridized carbons (Fsp3) is 0.250. The molecule has 2 aromatic carbocycles. The van der Waals surface area contributed by atoms with E-state index in [2.05, 4.69) is 11.4 Å². The zero-order chi connectivity index (χ0) is 13.9. The van der Waals surface area contributed by atoms with Crippen LogP contribution in [0.3, 0.4) is 0 Å². The van der Waals surface area contributed by atoms with Gasteiger partial charge < -0.3 is 16.2 Å². The van der Waals surface area contributed by atoms with E-state index in [1.54, 1.807) is 12.1 Å². The topological polar surface area (TPSA) is 58.3 Å². The van der Waals surface area contributed by atoms with Crippen molar-refractivity contribution in [3.63, 3.8) is 0 Å². The summed E-state index contributed by atoms with van der Waals surface area (Å²) in [4.78, 5) is 0. The SMILES string of the molecule is CNCC(C)(N)c1cccc(-c2cccc(O)c2)c1. The van der Waals surface area contributed by atoms with Gasteiger partial charge >= 0.3 is 0 Å². The summed E-state index contributed by atoms with van der Waals surface area (Å²) in [6, 6.07) is 15.4. The maximum absolute atomic E-state index is 9.55. The number of phenols is 1. The summed E-state index contributed by atoms with van der Waals surface area (Å²) in [5.74, 6) is 0.272. The molecule has 2 aromatic rings. The van der Waals surface area contributed by atoms with Gasteiger partial charge in [-0.15, -0.1) is 0 Å². The molecule has 0 saturated heterocycles. The molecule has 0 saturated carbocycles. The number of hydrogen-bond donors (Lipinski definition) is 3. The molecule has 0 aliphatic heterocycles. The molecule has 3 heteroatoms. The lowest BCUT2D eigenvalue weighted by Gasteiger charge is -2.25. The van der Waals surface area contributed by atoms with Crippen molar-refractivity contribution in [2.24, 2.45) is 5.73 Å². The summed E-state index contributed by atoms with van der Waals surface area (Å²) in [6.45, 7) is 2.71. The Morgan fingerprint density at radius 1 is 1.11 bits per heavy atom. The lowest BCUT2D eigenvalue weighted by molar-refractivity contribution is 0.468. The molecule has 100 valence electrons. The molecule has 1 unspecified atom stereocenters. The molecule has 0 spiro atoms. The van der Waals surface area contributed by atoms with Gasteiger partial charge in [0.15, 0.2) is 0 Å². The van der Waals surface area contributed by atoms with E-state index < -0.39 is 5.54 Å². The summed E-state index contributed by atoms with van der Waals surface area (Å²) < 4.78 is 0. The lowest BCUT2D eigenvalue weighted by atomic mass is 9.90. The average Bonchev–Trinajstić information content (AvgIpc) is 2.39. The Morgan fingerprint density at radius 3 is 2.37 bits per heavy atom. The van der Waals surface area contributed by atoms with E-state index in [1.165, 1.54) is 0 Å². The van der Waals surface area contributed by atoms with Crippen LogP contribution in [-0.4, -0.2) is 18.7 Å².